The third kappa shape index (κ3) is 4.98. The molecule has 0 saturated heterocycles. The summed E-state index contributed by atoms with van der Waals surface area (Å²) in [4.78, 5) is 0. The predicted octanol–water partition coefficient (Wildman–Crippen LogP) is 3.63. The van der Waals surface area contributed by atoms with Gasteiger partial charge in [0.1, 0.15) is 0 Å². The summed E-state index contributed by atoms with van der Waals surface area (Å²) < 4.78 is 1.24. The van der Waals surface area contributed by atoms with E-state index in [0.717, 1.165) is 19.3 Å². The quantitative estimate of drug-likeness (QED) is 0.822. The zero-order chi connectivity index (χ0) is 11.3. The molecule has 1 nitrogen and oxygen atoms in total. The van der Waals surface area contributed by atoms with E-state index in [1.165, 1.54) is 9.13 Å². The van der Waals surface area contributed by atoms with Crippen molar-refractivity contribution < 1.29 is 5.11 Å². The lowest BCUT2D eigenvalue weighted by molar-refractivity contribution is 0.144. The van der Waals surface area contributed by atoms with Crippen LogP contribution in [-0.4, -0.2) is 11.2 Å². The number of benzene rings is 1. The highest BCUT2D eigenvalue weighted by molar-refractivity contribution is 14.1. The van der Waals surface area contributed by atoms with E-state index in [-0.39, 0.29) is 6.10 Å². The largest absolute Gasteiger partial charge is 0.393 e. The Balaban J connectivity index is 2.44. The minimum Gasteiger partial charge on any atom is -0.393 e. The second-order valence-corrected chi connectivity index (χ2v) is 5.48. The summed E-state index contributed by atoms with van der Waals surface area (Å²) in [6, 6.07) is 8.38. The second-order valence-electron chi connectivity index (χ2n) is 4.23. The van der Waals surface area contributed by atoms with Crippen molar-refractivity contribution in [2.45, 2.75) is 39.2 Å². The third-order valence-electron chi connectivity index (χ3n) is 2.76. The predicted molar refractivity (Wildman–Crippen MR) is 72.9 cm³/mol. The average molecular weight is 318 g/mol. The van der Waals surface area contributed by atoms with Gasteiger partial charge >= 0.3 is 0 Å². The molecule has 2 heteroatoms. The van der Waals surface area contributed by atoms with Gasteiger partial charge in [0.25, 0.3) is 0 Å². The van der Waals surface area contributed by atoms with Crippen molar-refractivity contribution in [2.24, 2.45) is 5.92 Å². The number of halogens is 1. The van der Waals surface area contributed by atoms with Crippen LogP contribution in [0.4, 0.5) is 0 Å². The minimum atomic E-state index is -0.194. The Morgan fingerprint density at radius 2 is 1.87 bits per heavy atom. The van der Waals surface area contributed by atoms with Gasteiger partial charge < -0.3 is 5.11 Å². The first-order chi connectivity index (χ1) is 7.11. The van der Waals surface area contributed by atoms with Gasteiger partial charge in [-0.3, -0.25) is 0 Å². The van der Waals surface area contributed by atoms with Crippen LogP contribution < -0.4 is 0 Å². The Kier molecular flexibility index (Phi) is 5.61. The zero-order valence-corrected chi connectivity index (χ0v) is 11.6. The maximum atomic E-state index is 9.87. The van der Waals surface area contributed by atoms with Crippen LogP contribution in [0.3, 0.4) is 0 Å². The molecule has 84 valence electrons. The molecule has 0 aromatic heterocycles. The van der Waals surface area contributed by atoms with E-state index in [1.54, 1.807) is 0 Å². The fourth-order valence-corrected chi connectivity index (χ4v) is 1.97. The lowest BCUT2D eigenvalue weighted by Crippen LogP contribution is -2.14. The lowest BCUT2D eigenvalue weighted by atomic mass is 9.97. The molecule has 15 heavy (non-hydrogen) atoms. The topological polar surface area (TPSA) is 20.2 Å². The molecule has 0 saturated carbocycles. The van der Waals surface area contributed by atoms with Gasteiger partial charge in [0.05, 0.1) is 6.10 Å². The molecule has 0 amide bonds. The summed E-state index contributed by atoms with van der Waals surface area (Å²) in [5, 5.41) is 9.87. The third-order valence-corrected chi connectivity index (χ3v) is 3.48. The highest BCUT2D eigenvalue weighted by Gasteiger charge is 2.09. The van der Waals surface area contributed by atoms with Crippen molar-refractivity contribution in [2.75, 3.05) is 0 Å². The van der Waals surface area contributed by atoms with Crippen LogP contribution in [0.1, 0.15) is 32.3 Å². The first kappa shape index (κ1) is 13.0. The van der Waals surface area contributed by atoms with Crippen LogP contribution in [-0.2, 0) is 6.42 Å². The maximum Gasteiger partial charge on any atom is 0.0583 e. The SMILES string of the molecule is CCC(C)CC(O)Cc1ccc(I)cc1. The molecule has 0 heterocycles. The molecular formula is C13H19IO. The lowest BCUT2D eigenvalue weighted by Gasteiger charge is -2.14. The summed E-state index contributed by atoms with van der Waals surface area (Å²) in [6.45, 7) is 4.36. The molecule has 0 fully saturated rings. The molecule has 0 bridgehead atoms. The molecule has 0 aliphatic heterocycles. The van der Waals surface area contributed by atoms with Crippen molar-refractivity contribution in [3.8, 4) is 0 Å². The van der Waals surface area contributed by atoms with Crippen molar-refractivity contribution in [1.29, 1.82) is 0 Å². The second kappa shape index (κ2) is 6.48. The highest BCUT2D eigenvalue weighted by atomic mass is 127. The Hall–Kier alpha value is -0.0900. The maximum absolute atomic E-state index is 9.87. The highest BCUT2D eigenvalue weighted by Crippen LogP contribution is 2.14. The van der Waals surface area contributed by atoms with Crippen molar-refractivity contribution in [3.05, 3.63) is 33.4 Å². The van der Waals surface area contributed by atoms with E-state index in [2.05, 4.69) is 60.7 Å². The van der Waals surface area contributed by atoms with E-state index in [0.29, 0.717) is 5.92 Å². The van der Waals surface area contributed by atoms with Crippen LogP contribution in [0.2, 0.25) is 0 Å². The minimum absolute atomic E-state index is 0.194. The van der Waals surface area contributed by atoms with E-state index >= 15 is 0 Å². The van der Waals surface area contributed by atoms with Crippen LogP contribution in [0.15, 0.2) is 24.3 Å². The van der Waals surface area contributed by atoms with Crippen LogP contribution >= 0.6 is 22.6 Å². The van der Waals surface area contributed by atoms with E-state index < -0.39 is 0 Å². The molecule has 1 N–H and O–H groups in total. The Morgan fingerprint density at radius 3 is 2.40 bits per heavy atom. The van der Waals surface area contributed by atoms with Gasteiger partial charge in [0.2, 0.25) is 0 Å². The summed E-state index contributed by atoms with van der Waals surface area (Å²) >= 11 is 2.29. The molecule has 0 radical (unpaired) electrons. The summed E-state index contributed by atoms with van der Waals surface area (Å²) in [7, 11) is 0. The Bertz CT molecular complexity index is 281. The molecule has 0 aliphatic carbocycles. The average Bonchev–Trinajstić information content (AvgIpc) is 2.21. The number of aliphatic hydroxyl groups excluding tert-OH is 1. The van der Waals surface area contributed by atoms with Gasteiger partial charge in [0.15, 0.2) is 0 Å². The van der Waals surface area contributed by atoms with Gasteiger partial charge in [0, 0.05) is 3.57 Å². The van der Waals surface area contributed by atoms with E-state index in [4.69, 9.17) is 0 Å². The number of hydrogen-bond donors (Lipinski definition) is 1. The van der Waals surface area contributed by atoms with Crippen LogP contribution in [0.5, 0.6) is 0 Å². The fraction of sp³-hybridized carbons (Fsp3) is 0.538. The van der Waals surface area contributed by atoms with Crippen molar-refractivity contribution in [1.82, 2.24) is 0 Å². The Morgan fingerprint density at radius 1 is 1.27 bits per heavy atom. The van der Waals surface area contributed by atoms with E-state index in [1.807, 2.05) is 0 Å². The van der Waals surface area contributed by atoms with Gasteiger partial charge in [-0.15, -0.1) is 0 Å². The molecule has 1 aromatic rings. The first-order valence-electron chi connectivity index (χ1n) is 5.54. The van der Waals surface area contributed by atoms with Crippen molar-refractivity contribution in [3.63, 3.8) is 0 Å². The van der Waals surface area contributed by atoms with Crippen molar-refractivity contribution >= 4 is 22.6 Å². The summed E-state index contributed by atoms with van der Waals surface area (Å²) in [5.41, 5.74) is 1.23. The number of hydrogen-bond acceptors (Lipinski definition) is 1. The smallest absolute Gasteiger partial charge is 0.0583 e. The molecule has 1 aromatic carbocycles. The summed E-state index contributed by atoms with van der Waals surface area (Å²) in [5.74, 6) is 0.615. The van der Waals surface area contributed by atoms with Gasteiger partial charge in [-0.25, -0.2) is 0 Å². The number of aliphatic hydroxyl groups is 1. The van der Waals surface area contributed by atoms with Crippen LogP contribution in [0.25, 0.3) is 0 Å². The molecule has 2 atom stereocenters. The van der Waals surface area contributed by atoms with Gasteiger partial charge in [-0.05, 0) is 59.0 Å². The summed E-state index contributed by atoms with van der Waals surface area (Å²) in [6.07, 6.45) is 2.63. The van der Waals surface area contributed by atoms with Gasteiger partial charge in [-0.1, -0.05) is 32.4 Å². The van der Waals surface area contributed by atoms with Gasteiger partial charge in [-0.2, -0.15) is 0 Å². The molecule has 2 unspecified atom stereocenters. The standard InChI is InChI=1S/C13H19IO/c1-3-10(2)8-13(15)9-11-4-6-12(14)7-5-11/h4-7,10,13,15H,3,8-9H2,1-2H3. The fourth-order valence-electron chi connectivity index (χ4n) is 1.61. The zero-order valence-electron chi connectivity index (χ0n) is 9.41. The molecule has 0 aliphatic rings. The van der Waals surface area contributed by atoms with E-state index in [9.17, 15) is 5.11 Å². The van der Waals surface area contributed by atoms with Crippen LogP contribution in [0, 0.1) is 9.49 Å². The first-order valence-corrected chi connectivity index (χ1v) is 6.62. The Labute approximate surface area is 106 Å². The normalized spacial score (nSPS) is 14.9. The molecule has 1 rings (SSSR count). The molecule has 0 spiro atoms. The number of rotatable bonds is 5. The monoisotopic (exact) mass is 318 g/mol. The molecular weight excluding hydrogens is 299 g/mol.